The third kappa shape index (κ3) is 1.50. The maximum absolute atomic E-state index is 9.50. The summed E-state index contributed by atoms with van der Waals surface area (Å²) >= 11 is 0. The quantitative estimate of drug-likeness (QED) is 0.609. The van der Waals surface area contributed by atoms with Crippen LogP contribution in [0.4, 0.5) is 0 Å². The van der Waals surface area contributed by atoms with E-state index >= 15 is 0 Å². The minimum Gasteiger partial charge on any atom is -0.363 e. The standard InChI is InChI=1S/C8H16O2/c1-3-5-6-8(9)7(4-2)10-8/h7,9H,3-6H2,1-2H3. The summed E-state index contributed by atoms with van der Waals surface area (Å²) in [5, 5.41) is 9.50. The molecule has 2 nitrogen and oxygen atoms in total. The number of hydrogen-bond donors (Lipinski definition) is 1. The van der Waals surface area contributed by atoms with Crippen molar-refractivity contribution in [2.75, 3.05) is 0 Å². The number of ether oxygens (including phenoxy) is 1. The van der Waals surface area contributed by atoms with Crippen LogP contribution in [0.25, 0.3) is 0 Å². The second-order valence-corrected chi connectivity index (χ2v) is 2.96. The molecule has 2 heteroatoms. The maximum atomic E-state index is 9.50. The van der Waals surface area contributed by atoms with Crippen LogP contribution in [-0.4, -0.2) is 17.0 Å². The molecule has 1 aliphatic heterocycles. The van der Waals surface area contributed by atoms with Gasteiger partial charge in [-0.05, 0) is 12.8 Å². The van der Waals surface area contributed by atoms with Crippen molar-refractivity contribution in [1.29, 1.82) is 0 Å². The molecule has 0 aromatic carbocycles. The summed E-state index contributed by atoms with van der Waals surface area (Å²) in [4.78, 5) is 0. The van der Waals surface area contributed by atoms with Gasteiger partial charge in [0.25, 0.3) is 0 Å². The first-order valence-electron chi connectivity index (χ1n) is 4.13. The Morgan fingerprint density at radius 2 is 2.20 bits per heavy atom. The fourth-order valence-corrected chi connectivity index (χ4v) is 1.26. The van der Waals surface area contributed by atoms with E-state index in [1.165, 1.54) is 0 Å². The van der Waals surface area contributed by atoms with Crippen molar-refractivity contribution in [2.24, 2.45) is 0 Å². The lowest BCUT2D eigenvalue weighted by molar-refractivity contribution is 0.0268. The highest BCUT2D eigenvalue weighted by molar-refractivity contribution is 4.91. The molecule has 0 aromatic rings. The summed E-state index contributed by atoms with van der Waals surface area (Å²) in [5.41, 5.74) is 0. The fourth-order valence-electron chi connectivity index (χ4n) is 1.26. The van der Waals surface area contributed by atoms with E-state index in [0.717, 1.165) is 25.7 Å². The molecular weight excluding hydrogens is 128 g/mol. The third-order valence-electron chi connectivity index (χ3n) is 2.05. The van der Waals surface area contributed by atoms with Crippen molar-refractivity contribution < 1.29 is 9.84 Å². The highest BCUT2D eigenvalue weighted by Gasteiger charge is 2.52. The average molecular weight is 144 g/mol. The number of rotatable bonds is 4. The van der Waals surface area contributed by atoms with Gasteiger partial charge in [0, 0.05) is 6.42 Å². The smallest absolute Gasteiger partial charge is 0.192 e. The van der Waals surface area contributed by atoms with Crippen molar-refractivity contribution in [3.05, 3.63) is 0 Å². The summed E-state index contributed by atoms with van der Waals surface area (Å²) in [5.74, 6) is -0.731. The van der Waals surface area contributed by atoms with Gasteiger partial charge in [0.15, 0.2) is 5.79 Å². The summed E-state index contributed by atoms with van der Waals surface area (Å²) < 4.78 is 5.11. The van der Waals surface area contributed by atoms with E-state index in [4.69, 9.17) is 4.74 Å². The van der Waals surface area contributed by atoms with Crippen LogP contribution in [0.2, 0.25) is 0 Å². The molecule has 0 aliphatic carbocycles. The van der Waals surface area contributed by atoms with E-state index < -0.39 is 5.79 Å². The highest BCUT2D eigenvalue weighted by atomic mass is 16.7. The van der Waals surface area contributed by atoms with Gasteiger partial charge in [0.1, 0.15) is 6.10 Å². The molecule has 0 radical (unpaired) electrons. The Hall–Kier alpha value is -0.0800. The van der Waals surface area contributed by atoms with E-state index in [0.29, 0.717) is 0 Å². The Bertz CT molecular complexity index is 114. The lowest BCUT2D eigenvalue weighted by atomic mass is 10.1. The SMILES string of the molecule is CCCCC1(O)OC1CC. The molecule has 2 atom stereocenters. The van der Waals surface area contributed by atoms with Gasteiger partial charge in [-0.25, -0.2) is 0 Å². The molecular formula is C8H16O2. The normalized spacial score (nSPS) is 38.1. The lowest BCUT2D eigenvalue weighted by Crippen LogP contribution is -2.12. The first-order valence-corrected chi connectivity index (χ1v) is 4.13. The first-order chi connectivity index (χ1) is 4.73. The van der Waals surface area contributed by atoms with E-state index in [1.54, 1.807) is 0 Å². The molecule has 1 heterocycles. The van der Waals surface area contributed by atoms with Crippen molar-refractivity contribution in [3.63, 3.8) is 0 Å². The van der Waals surface area contributed by atoms with Gasteiger partial charge in [-0.3, -0.25) is 0 Å². The summed E-state index contributed by atoms with van der Waals surface area (Å²) in [7, 11) is 0. The molecule has 0 saturated carbocycles. The van der Waals surface area contributed by atoms with E-state index in [1.807, 2.05) is 6.92 Å². The second-order valence-electron chi connectivity index (χ2n) is 2.96. The Morgan fingerprint density at radius 1 is 1.50 bits per heavy atom. The zero-order valence-corrected chi connectivity index (χ0v) is 6.76. The predicted octanol–water partition coefficient (Wildman–Crippen LogP) is 1.67. The Morgan fingerprint density at radius 3 is 2.60 bits per heavy atom. The Kier molecular flexibility index (Phi) is 2.32. The molecule has 1 fully saturated rings. The van der Waals surface area contributed by atoms with Gasteiger partial charge in [-0.15, -0.1) is 0 Å². The highest BCUT2D eigenvalue weighted by Crippen LogP contribution is 2.39. The van der Waals surface area contributed by atoms with Crippen LogP contribution in [0.1, 0.15) is 39.5 Å². The van der Waals surface area contributed by atoms with Gasteiger partial charge in [-0.1, -0.05) is 20.3 Å². The first kappa shape index (κ1) is 8.02. The van der Waals surface area contributed by atoms with Crippen LogP contribution >= 0.6 is 0 Å². The summed E-state index contributed by atoms with van der Waals surface area (Å²) in [6.45, 7) is 4.15. The van der Waals surface area contributed by atoms with E-state index in [2.05, 4.69) is 6.92 Å². The van der Waals surface area contributed by atoms with Crippen LogP contribution in [-0.2, 0) is 4.74 Å². The topological polar surface area (TPSA) is 32.8 Å². The molecule has 0 amide bonds. The number of hydrogen-bond acceptors (Lipinski definition) is 2. The Balaban J connectivity index is 2.16. The molecule has 1 N–H and O–H groups in total. The minimum absolute atomic E-state index is 0.124. The van der Waals surface area contributed by atoms with Crippen molar-refractivity contribution >= 4 is 0 Å². The lowest BCUT2D eigenvalue weighted by Gasteiger charge is -2.01. The second kappa shape index (κ2) is 2.89. The summed E-state index contributed by atoms with van der Waals surface area (Å²) in [6, 6.07) is 0. The predicted molar refractivity (Wildman–Crippen MR) is 39.6 cm³/mol. The molecule has 0 spiro atoms. The van der Waals surface area contributed by atoms with Crippen LogP contribution < -0.4 is 0 Å². The van der Waals surface area contributed by atoms with Crippen LogP contribution in [0.3, 0.4) is 0 Å². The zero-order valence-electron chi connectivity index (χ0n) is 6.76. The van der Waals surface area contributed by atoms with Gasteiger partial charge >= 0.3 is 0 Å². The van der Waals surface area contributed by atoms with Gasteiger partial charge in [0.2, 0.25) is 0 Å². The zero-order chi connectivity index (χ0) is 7.61. The van der Waals surface area contributed by atoms with Gasteiger partial charge in [-0.2, -0.15) is 0 Å². The molecule has 0 bridgehead atoms. The van der Waals surface area contributed by atoms with Crippen molar-refractivity contribution in [1.82, 2.24) is 0 Å². The average Bonchev–Trinajstić information content (AvgIpc) is 2.59. The van der Waals surface area contributed by atoms with Crippen LogP contribution in [0, 0.1) is 0 Å². The maximum Gasteiger partial charge on any atom is 0.192 e. The molecule has 0 aromatic heterocycles. The molecule has 1 rings (SSSR count). The fraction of sp³-hybridized carbons (Fsp3) is 1.00. The molecule has 60 valence electrons. The van der Waals surface area contributed by atoms with E-state index in [9.17, 15) is 5.11 Å². The molecule has 1 saturated heterocycles. The molecule has 2 unspecified atom stereocenters. The van der Waals surface area contributed by atoms with Gasteiger partial charge in [0.05, 0.1) is 0 Å². The minimum atomic E-state index is -0.731. The van der Waals surface area contributed by atoms with Crippen molar-refractivity contribution in [3.8, 4) is 0 Å². The van der Waals surface area contributed by atoms with Gasteiger partial charge < -0.3 is 9.84 Å². The van der Waals surface area contributed by atoms with Crippen LogP contribution in [0.15, 0.2) is 0 Å². The van der Waals surface area contributed by atoms with E-state index in [-0.39, 0.29) is 6.10 Å². The molecule has 10 heavy (non-hydrogen) atoms. The largest absolute Gasteiger partial charge is 0.363 e. The van der Waals surface area contributed by atoms with Crippen LogP contribution in [0.5, 0.6) is 0 Å². The monoisotopic (exact) mass is 144 g/mol. The number of unbranched alkanes of at least 4 members (excludes halogenated alkanes) is 1. The summed E-state index contributed by atoms with van der Waals surface area (Å²) in [6.07, 6.45) is 4.05. The third-order valence-corrected chi connectivity index (χ3v) is 2.05. The molecule has 1 aliphatic rings. The number of epoxide rings is 1. The Labute approximate surface area is 62.2 Å². The number of aliphatic hydroxyl groups is 1. The van der Waals surface area contributed by atoms with Crippen molar-refractivity contribution in [2.45, 2.75) is 51.4 Å².